The fourth-order valence-electron chi connectivity index (χ4n) is 5.22. The molecule has 2 aliphatic heterocycles. The Kier molecular flexibility index (Phi) is 7.52. The quantitative estimate of drug-likeness (QED) is 0.332. The minimum absolute atomic E-state index is 0.102. The summed E-state index contributed by atoms with van der Waals surface area (Å²) in [4.78, 5) is 16.9. The molecule has 1 N–H and O–H groups in total. The minimum atomic E-state index is -0.527. The molecule has 2 aromatic carbocycles. The molecule has 0 aliphatic carbocycles. The number of ether oxygens (including phenoxy) is 1. The average Bonchev–Trinajstić information content (AvgIpc) is 3.34. The van der Waals surface area contributed by atoms with E-state index in [-0.39, 0.29) is 11.3 Å². The van der Waals surface area contributed by atoms with Crippen molar-refractivity contribution in [1.29, 1.82) is 0 Å². The van der Waals surface area contributed by atoms with E-state index >= 15 is 0 Å². The summed E-state index contributed by atoms with van der Waals surface area (Å²) >= 11 is 0. The Morgan fingerprint density at radius 1 is 1.17 bits per heavy atom. The zero-order valence-electron chi connectivity index (χ0n) is 21.8. The van der Waals surface area contributed by atoms with Gasteiger partial charge in [0.05, 0.1) is 13.0 Å². The van der Waals surface area contributed by atoms with Crippen molar-refractivity contribution >= 4 is 33.6 Å². The molecule has 2 aliphatic rings. The van der Waals surface area contributed by atoms with Gasteiger partial charge in [-0.15, -0.1) is 0 Å². The van der Waals surface area contributed by atoms with Crippen molar-refractivity contribution in [3.63, 3.8) is 0 Å². The molecule has 6 heteroatoms. The molecular formula is C29H39N3O2Si. The Hall–Kier alpha value is -2.83. The Labute approximate surface area is 213 Å². The van der Waals surface area contributed by atoms with Gasteiger partial charge in [0.15, 0.2) is 5.72 Å². The second-order valence-corrected chi connectivity index (χ2v) is 11.3. The van der Waals surface area contributed by atoms with Gasteiger partial charge in [0.25, 0.3) is 0 Å². The SMILES string of the molecule is CN(C)c1ccc(/C=C/C=C/C23OCCN2c2cc(CC(=O)NCCC[SiH3])ccc2C3(C)C)cc1. The van der Waals surface area contributed by atoms with Crippen LogP contribution in [-0.2, 0) is 21.4 Å². The van der Waals surface area contributed by atoms with Gasteiger partial charge in [-0.3, -0.25) is 4.79 Å². The molecule has 4 rings (SSSR count). The summed E-state index contributed by atoms with van der Waals surface area (Å²) in [5, 5.41) is 3.05. The maximum absolute atomic E-state index is 12.4. The smallest absolute Gasteiger partial charge is 0.224 e. The van der Waals surface area contributed by atoms with Crippen LogP contribution < -0.4 is 15.1 Å². The van der Waals surface area contributed by atoms with Gasteiger partial charge >= 0.3 is 0 Å². The number of nitrogens with zero attached hydrogens (tertiary/aromatic N) is 2. The van der Waals surface area contributed by atoms with Crippen molar-refractivity contribution in [3.8, 4) is 0 Å². The van der Waals surface area contributed by atoms with Crippen LogP contribution in [0.3, 0.4) is 0 Å². The van der Waals surface area contributed by atoms with E-state index in [4.69, 9.17) is 4.74 Å². The molecule has 1 amide bonds. The molecule has 0 saturated carbocycles. The lowest BCUT2D eigenvalue weighted by Gasteiger charge is -2.39. The molecule has 186 valence electrons. The third-order valence-corrected chi connectivity index (χ3v) is 8.02. The number of rotatable bonds is 9. The summed E-state index contributed by atoms with van der Waals surface area (Å²) in [5.74, 6) is 0.102. The third kappa shape index (κ3) is 4.95. The van der Waals surface area contributed by atoms with E-state index in [1.165, 1.54) is 38.8 Å². The first kappa shape index (κ1) is 25.3. The summed E-state index contributed by atoms with van der Waals surface area (Å²) in [6.45, 7) is 6.82. The van der Waals surface area contributed by atoms with Gasteiger partial charge in [0.2, 0.25) is 5.91 Å². The predicted octanol–water partition coefficient (Wildman–Crippen LogP) is 3.68. The lowest BCUT2D eigenvalue weighted by Crippen LogP contribution is -2.51. The molecular weight excluding hydrogens is 450 g/mol. The largest absolute Gasteiger partial charge is 0.378 e. The summed E-state index contributed by atoms with van der Waals surface area (Å²) in [6.07, 6.45) is 10.0. The zero-order valence-corrected chi connectivity index (χ0v) is 23.8. The molecule has 2 heterocycles. The van der Waals surface area contributed by atoms with Gasteiger partial charge in [-0.2, -0.15) is 0 Å². The molecule has 0 bridgehead atoms. The highest BCUT2D eigenvalue weighted by molar-refractivity contribution is 6.08. The molecule has 0 spiro atoms. The molecule has 1 atom stereocenters. The van der Waals surface area contributed by atoms with Crippen LogP contribution in [0.5, 0.6) is 0 Å². The van der Waals surface area contributed by atoms with E-state index in [2.05, 4.69) is 95.7 Å². The van der Waals surface area contributed by atoms with Gasteiger partial charge in [0.1, 0.15) is 0 Å². The van der Waals surface area contributed by atoms with Gasteiger partial charge in [-0.25, -0.2) is 0 Å². The van der Waals surface area contributed by atoms with Crippen molar-refractivity contribution in [3.05, 3.63) is 77.4 Å². The van der Waals surface area contributed by atoms with Crippen molar-refractivity contribution in [2.24, 2.45) is 0 Å². The number of benzene rings is 2. The number of carbonyl (C=O) groups is 1. The van der Waals surface area contributed by atoms with E-state index in [0.29, 0.717) is 13.0 Å². The third-order valence-electron chi connectivity index (χ3n) is 7.31. The van der Waals surface area contributed by atoms with Crippen molar-refractivity contribution < 1.29 is 9.53 Å². The number of nitrogens with one attached hydrogen (secondary N) is 1. The summed E-state index contributed by atoms with van der Waals surface area (Å²) in [6, 6.07) is 16.2. The van der Waals surface area contributed by atoms with Crippen LogP contribution in [0.2, 0.25) is 6.04 Å². The lowest BCUT2D eigenvalue weighted by atomic mass is 9.77. The summed E-state index contributed by atoms with van der Waals surface area (Å²) in [7, 11) is 5.29. The van der Waals surface area contributed by atoms with Crippen molar-refractivity contribution in [2.45, 2.75) is 43.9 Å². The molecule has 35 heavy (non-hydrogen) atoms. The molecule has 0 aromatic heterocycles. The average molecular weight is 490 g/mol. The Balaban J connectivity index is 1.52. The van der Waals surface area contributed by atoms with Gasteiger partial charge in [-0.05, 0) is 47.4 Å². The van der Waals surface area contributed by atoms with Crippen LogP contribution in [0.4, 0.5) is 11.4 Å². The second kappa shape index (κ2) is 10.4. The summed E-state index contributed by atoms with van der Waals surface area (Å²) in [5.41, 5.74) is 5.12. The molecule has 1 saturated heterocycles. The second-order valence-electron chi connectivity index (χ2n) is 10.3. The number of anilines is 2. The van der Waals surface area contributed by atoms with Gasteiger partial charge < -0.3 is 19.9 Å². The van der Waals surface area contributed by atoms with E-state index in [0.717, 1.165) is 25.1 Å². The topological polar surface area (TPSA) is 44.8 Å². The maximum Gasteiger partial charge on any atom is 0.224 e. The molecule has 2 aromatic rings. The lowest BCUT2D eigenvalue weighted by molar-refractivity contribution is -0.120. The number of fused-ring (bicyclic) bond motifs is 3. The van der Waals surface area contributed by atoms with Gasteiger partial charge in [-0.1, -0.05) is 62.4 Å². The van der Waals surface area contributed by atoms with Crippen LogP contribution in [-0.4, -0.2) is 55.7 Å². The molecule has 1 unspecified atom stereocenters. The molecule has 5 nitrogen and oxygen atoms in total. The van der Waals surface area contributed by atoms with Crippen LogP contribution in [0.1, 0.15) is 37.0 Å². The predicted molar refractivity (Wildman–Crippen MR) is 151 cm³/mol. The number of hydrogen-bond donors (Lipinski definition) is 1. The highest BCUT2D eigenvalue weighted by Crippen LogP contribution is 2.55. The monoisotopic (exact) mass is 489 g/mol. The number of amides is 1. The highest BCUT2D eigenvalue weighted by atomic mass is 28.1. The van der Waals surface area contributed by atoms with E-state index in [1.807, 2.05) is 14.1 Å². The fraction of sp³-hybridized carbons (Fsp3) is 0.414. The van der Waals surface area contributed by atoms with E-state index in [1.54, 1.807) is 0 Å². The Morgan fingerprint density at radius 3 is 2.66 bits per heavy atom. The zero-order chi connectivity index (χ0) is 25.1. The normalized spacial score (nSPS) is 20.5. The first-order chi connectivity index (χ1) is 16.8. The van der Waals surface area contributed by atoms with Crippen LogP contribution in [0.15, 0.2) is 60.7 Å². The highest BCUT2D eigenvalue weighted by Gasteiger charge is 2.59. The maximum atomic E-state index is 12.4. The first-order valence-electron chi connectivity index (χ1n) is 12.7. The summed E-state index contributed by atoms with van der Waals surface area (Å²) < 4.78 is 6.47. The van der Waals surface area contributed by atoms with Crippen LogP contribution >= 0.6 is 0 Å². The molecule has 1 fully saturated rings. The number of allylic oxidation sites excluding steroid dienone is 2. The van der Waals surface area contributed by atoms with Crippen LogP contribution in [0.25, 0.3) is 6.08 Å². The number of carbonyl (C=O) groups excluding carboxylic acids is 1. The Morgan fingerprint density at radius 2 is 1.94 bits per heavy atom. The van der Waals surface area contributed by atoms with Crippen molar-refractivity contribution in [2.75, 3.05) is 43.6 Å². The molecule has 0 radical (unpaired) electrons. The Bertz CT molecular complexity index is 1110. The van der Waals surface area contributed by atoms with Crippen LogP contribution in [0, 0.1) is 0 Å². The minimum Gasteiger partial charge on any atom is -0.378 e. The number of hydrogen-bond acceptors (Lipinski definition) is 4. The first-order valence-corrected chi connectivity index (χ1v) is 14.1. The van der Waals surface area contributed by atoms with Crippen molar-refractivity contribution in [1.82, 2.24) is 5.32 Å². The standard InChI is InChI=1S/C29H39N3O2Si/c1-28(2)25-14-11-23(21-27(33)30-16-7-19-35)20-26(25)32-17-18-34-29(28,32)15-6-5-8-22-9-12-24(13-10-22)31(3)4/h5-6,8-15,20H,7,16-19,21H2,1-4,35H3,(H,30,33)/b8-5+,15-6+. The fourth-order valence-corrected chi connectivity index (χ4v) is 5.57. The van der Waals surface area contributed by atoms with E-state index < -0.39 is 5.72 Å². The van der Waals surface area contributed by atoms with E-state index in [9.17, 15) is 4.79 Å². The van der Waals surface area contributed by atoms with Gasteiger partial charge in [0, 0.05) is 54.2 Å².